The lowest BCUT2D eigenvalue weighted by atomic mass is 9.99. The van der Waals surface area contributed by atoms with Crippen molar-refractivity contribution in [1.29, 1.82) is 0 Å². The molecular formula is C36H33N5O8. The van der Waals surface area contributed by atoms with Crippen LogP contribution in [-0.4, -0.2) is 49.4 Å². The molecule has 250 valence electrons. The number of alkyl carbamates (subject to hydrolysis) is 1. The number of carbonyl (C=O) groups excluding carboxylic acids is 2. The Bertz CT molecular complexity index is 2080. The topological polar surface area (TPSA) is 196 Å². The predicted molar refractivity (Wildman–Crippen MR) is 182 cm³/mol. The first-order valence-electron chi connectivity index (χ1n) is 15.1. The molecular weight excluding hydrogens is 630 g/mol. The highest BCUT2D eigenvalue weighted by Gasteiger charge is 2.22. The average Bonchev–Trinajstić information content (AvgIpc) is 3.39. The molecule has 0 fully saturated rings. The second-order valence-electron chi connectivity index (χ2n) is 12.0. The molecule has 49 heavy (non-hydrogen) atoms. The maximum Gasteiger partial charge on any atom is 0.407 e. The van der Waals surface area contributed by atoms with Gasteiger partial charge in [-0.1, -0.05) is 48.5 Å². The van der Waals surface area contributed by atoms with Gasteiger partial charge < -0.3 is 30.6 Å². The number of hydrogen-bond donors (Lipinski definition) is 5. The van der Waals surface area contributed by atoms with Crippen molar-refractivity contribution in [1.82, 2.24) is 15.6 Å². The van der Waals surface area contributed by atoms with E-state index in [2.05, 4.69) is 15.6 Å². The fourth-order valence-electron chi connectivity index (χ4n) is 5.02. The van der Waals surface area contributed by atoms with Crippen molar-refractivity contribution in [2.75, 3.05) is 0 Å². The fraction of sp³-hybridized carbons (Fsp3) is 0.167. The van der Waals surface area contributed by atoms with Crippen LogP contribution in [0.2, 0.25) is 0 Å². The first-order valence-corrected chi connectivity index (χ1v) is 15.1. The zero-order valence-corrected chi connectivity index (χ0v) is 26.8. The zero-order chi connectivity index (χ0) is 35.3. The highest BCUT2D eigenvalue weighted by molar-refractivity contribution is 6.22. The second-order valence-corrected chi connectivity index (χ2v) is 12.0. The summed E-state index contributed by atoms with van der Waals surface area (Å²) in [4.78, 5) is 55.1. The number of aromatic nitrogens is 1. The standard InChI is InChI=1S/C36H33N5O8/c1-36(2,3)49-35(46)38-20-22-10-14-24(15-11-22)39-31(30-28-18-25(41(47)48)16-17-29(28)40-33(30)43)23-12-8-21(9-13-23)19-37-32(42)26-6-4-5-7-27(26)34(44)45/h4-18,40,43H,19-20H2,1-3H3,(H,37,42)(H,38,46)(H,44,45). The number of benzene rings is 4. The van der Waals surface area contributed by atoms with Gasteiger partial charge in [0.25, 0.3) is 11.6 Å². The van der Waals surface area contributed by atoms with E-state index >= 15 is 0 Å². The number of non-ortho nitro benzene ring substituents is 1. The minimum Gasteiger partial charge on any atom is -0.494 e. The number of aromatic carboxylic acids is 1. The first-order chi connectivity index (χ1) is 23.3. The van der Waals surface area contributed by atoms with Crippen LogP contribution < -0.4 is 10.6 Å². The molecule has 2 amide bonds. The van der Waals surface area contributed by atoms with E-state index < -0.39 is 28.5 Å². The van der Waals surface area contributed by atoms with Gasteiger partial charge in [-0.25, -0.2) is 14.6 Å². The van der Waals surface area contributed by atoms with Crippen LogP contribution in [0.3, 0.4) is 0 Å². The van der Waals surface area contributed by atoms with Crippen molar-refractivity contribution in [2.45, 2.75) is 39.5 Å². The van der Waals surface area contributed by atoms with Crippen molar-refractivity contribution in [3.63, 3.8) is 0 Å². The van der Waals surface area contributed by atoms with Gasteiger partial charge in [0, 0.05) is 41.7 Å². The number of hydrogen-bond acceptors (Lipinski definition) is 8. The van der Waals surface area contributed by atoms with E-state index in [9.17, 15) is 34.7 Å². The number of nitro benzene ring substituents is 1. The zero-order valence-electron chi connectivity index (χ0n) is 26.8. The molecule has 13 heteroatoms. The Morgan fingerprint density at radius 2 is 1.49 bits per heavy atom. The van der Waals surface area contributed by atoms with E-state index in [4.69, 9.17) is 9.73 Å². The molecule has 1 aromatic heterocycles. The van der Waals surface area contributed by atoms with Crippen molar-refractivity contribution in [3.05, 3.63) is 134 Å². The van der Waals surface area contributed by atoms with Gasteiger partial charge in [0.2, 0.25) is 0 Å². The number of amides is 2. The number of aromatic amines is 1. The summed E-state index contributed by atoms with van der Waals surface area (Å²) in [5.74, 6) is -1.99. The number of aromatic hydroxyl groups is 1. The molecule has 0 radical (unpaired) electrons. The van der Waals surface area contributed by atoms with Crippen LogP contribution >= 0.6 is 0 Å². The molecule has 0 aliphatic heterocycles. The molecule has 0 unspecified atom stereocenters. The van der Waals surface area contributed by atoms with Gasteiger partial charge in [0.05, 0.1) is 33.0 Å². The minimum absolute atomic E-state index is 0.0385. The minimum atomic E-state index is -1.21. The van der Waals surface area contributed by atoms with Gasteiger partial charge in [-0.05, 0) is 62.2 Å². The van der Waals surface area contributed by atoms with Crippen molar-refractivity contribution in [3.8, 4) is 5.88 Å². The van der Waals surface area contributed by atoms with Crippen molar-refractivity contribution in [2.24, 2.45) is 4.99 Å². The second kappa shape index (κ2) is 14.1. The summed E-state index contributed by atoms with van der Waals surface area (Å²) in [5.41, 5.74) is 2.72. The molecule has 0 aliphatic carbocycles. The lowest BCUT2D eigenvalue weighted by molar-refractivity contribution is -0.384. The molecule has 1 heterocycles. The molecule has 4 aromatic carbocycles. The molecule has 0 aliphatic rings. The Kier molecular flexibility index (Phi) is 9.74. The van der Waals surface area contributed by atoms with Crippen molar-refractivity contribution >= 4 is 46.0 Å². The normalized spacial score (nSPS) is 11.6. The van der Waals surface area contributed by atoms with E-state index in [1.165, 1.54) is 30.3 Å². The Balaban J connectivity index is 1.45. The Hall–Kier alpha value is -6.50. The van der Waals surface area contributed by atoms with Gasteiger partial charge in [-0.2, -0.15) is 0 Å². The highest BCUT2D eigenvalue weighted by Crippen LogP contribution is 2.34. The van der Waals surface area contributed by atoms with Crippen LogP contribution in [0, 0.1) is 10.1 Å². The number of carboxylic acids is 1. The molecule has 13 nitrogen and oxygen atoms in total. The SMILES string of the molecule is CC(C)(C)OC(=O)NCc1ccc(N=C(c2ccc(CNC(=O)c3ccccc3C(=O)O)cc2)c2c(O)[nH]c3ccc([N+](=O)[O-])cc23)cc1. The molecule has 0 saturated carbocycles. The Morgan fingerprint density at radius 3 is 2.10 bits per heavy atom. The highest BCUT2D eigenvalue weighted by atomic mass is 16.6. The quantitative estimate of drug-likeness (QED) is 0.0625. The summed E-state index contributed by atoms with van der Waals surface area (Å²) in [5, 5.41) is 37.9. The number of carboxylic acid groups (broad SMARTS) is 1. The number of nitro groups is 1. The third kappa shape index (κ3) is 8.27. The summed E-state index contributed by atoms with van der Waals surface area (Å²) in [7, 11) is 0. The number of H-pyrrole nitrogens is 1. The van der Waals surface area contributed by atoms with Crippen LogP contribution in [-0.2, 0) is 17.8 Å². The van der Waals surface area contributed by atoms with Crippen LogP contribution in [0.25, 0.3) is 10.9 Å². The molecule has 5 rings (SSSR count). The summed E-state index contributed by atoms with van der Waals surface area (Å²) in [6.07, 6.45) is -0.547. The number of carbonyl (C=O) groups is 3. The maximum atomic E-state index is 12.8. The number of ether oxygens (including phenoxy) is 1. The van der Waals surface area contributed by atoms with E-state index in [1.54, 1.807) is 81.4 Å². The molecule has 0 bridgehead atoms. The summed E-state index contributed by atoms with van der Waals surface area (Å²) < 4.78 is 5.28. The third-order valence-electron chi connectivity index (χ3n) is 7.31. The van der Waals surface area contributed by atoms with Gasteiger partial charge in [0.1, 0.15) is 5.60 Å². The van der Waals surface area contributed by atoms with E-state index in [0.29, 0.717) is 33.4 Å². The number of nitrogens with zero attached hydrogens (tertiary/aromatic N) is 2. The molecule has 0 saturated heterocycles. The van der Waals surface area contributed by atoms with Gasteiger partial charge in [-0.3, -0.25) is 14.9 Å². The van der Waals surface area contributed by atoms with Crippen LogP contribution in [0.15, 0.2) is 96.0 Å². The summed E-state index contributed by atoms with van der Waals surface area (Å²) in [6, 6.07) is 24.1. The Labute approximate surface area is 280 Å². The van der Waals surface area contributed by atoms with Gasteiger partial charge >= 0.3 is 12.1 Å². The van der Waals surface area contributed by atoms with Crippen LogP contribution in [0.5, 0.6) is 5.88 Å². The summed E-state index contributed by atoms with van der Waals surface area (Å²) in [6.45, 7) is 5.64. The fourth-order valence-corrected chi connectivity index (χ4v) is 5.02. The monoisotopic (exact) mass is 663 g/mol. The van der Waals surface area contributed by atoms with E-state index in [1.807, 2.05) is 0 Å². The maximum absolute atomic E-state index is 12.8. The molecule has 0 atom stereocenters. The molecule has 5 N–H and O–H groups in total. The first kappa shape index (κ1) is 33.9. The van der Waals surface area contributed by atoms with E-state index in [0.717, 1.165) is 5.56 Å². The number of rotatable bonds is 10. The average molecular weight is 664 g/mol. The van der Waals surface area contributed by atoms with Crippen LogP contribution in [0.1, 0.15) is 63.7 Å². The Morgan fingerprint density at radius 1 is 0.878 bits per heavy atom. The van der Waals surface area contributed by atoms with Crippen LogP contribution in [0.4, 0.5) is 16.2 Å². The largest absolute Gasteiger partial charge is 0.494 e. The smallest absolute Gasteiger partial charge is 0.407 e. The van der Waals surface area contributed by atoms with Gasteiger partial charge in [0.15, 0.2) is 5.88 Å². The number of fused-ring (bicyclic) bond motifs is 1. The lowest BCUT2D eigenvalue weighted by Gasteiger charge is -2.19. The third-order valence-corrected chi connectivity index (χ3v) is 7.31. The summed E-state index contributed by atoms with van der Waals surface area (Å²) >= 11 is 0. The molecule has 0 spiro atoms. The molecule has 5 aromatic rings. The van der Waals surface area contributed by atoms with Crippen molar-refractivity contribution < 1.29 is 34.3 Å². The number of aliphatic imine (C=N–C) groups is 1. The predicted octanol–water partition coefficient (Wildman–Crippen LogP) is 6.60. The number of nitrogens with one attached hydrogen (secondary N) is 3. The lowest BCUT2D eigenvalue weighted by Crippen LogP contribution is -2.32. The van der Waals surface area contributed by atoms with Gasteiger partial charge in [-0.15, -0.1) is 0 Å². The van der Waals surface area contributed by atoms with E-state index in [-0.39, 0.29) is 41.3 Å².